The summed E-state index contributed by atoms with van der Waals surface area (Å²) in [6.07, 6.45) is 2.78. The number of rotatable bonds is 12. The van der Waals surface area contributed by atoms with E-state index in [9.17, 15) is 0 Å². The molecule has 0 rings (SSSR count). The third-order valence-electron chi connectivity index (χ3n) is 2.10. The van der Waals surface area contributed by atoms with Crippen LogP contribution in [0.25, 0.3) is 0 Å². The molecule has 5 heteroatoms. The van der Waals surface area contributed by atoms with E-state index in [2.05, 4.69) is 0 Å². The monoisotopic (exact) mass is 250 g/mol. The first-order valence-electron chi connectivity index (χ1n) is 6.15. The maximum absolute atomic E-state index is 5.63. The highest BCUT2D eigenvalue weighted by atomic mass is 28.2. The highest BCUT2D eigenvalue weighted by Crippen LogP contribution is 2.03. The summed E-state index contributed by atoms with van der Waals surface area (Å²) in [5, 5.41) is 0. The van der Waals surface area contributed by atoms with Crippen molar-refractivity contribution in [2.45, 2.75) is 39.4 Å². The predicted molar refractivity (Wildman–Crippen MR) is 67.6 cm³/mol. The summed E-state index contributed by atoms with van der Waals surface area (Å²) in [5.74, 6) is 0. The molecule has 0 spiro atoms. The van der Waals surface area contributed by atoms with Gasteiger partial charge in [0.25, 0.3) is 0 Å². The van der Waals surface area contributed by atoms with Crippen molar-refractivity contribution in [1.29, 1.82) is 0 Å². The summed E-state index contributed by atoms with van der Waals surface area (Å²) in [5.41, 5.74) is 0. The Bertz CT molecular complexity index is 135. The van der Waals surface area contributed by atoms with E-state index in [1.54, 1.807) is 0 Å². The molecule has 0 aliphatic heterocycles. The Morgan fingerprint density at radius 2 is 1.69 bits per heavy atom. The summed E-state index contributed by atoms with van der Waals surface area (Å²) >= 11 is 0. The minimum atomic E-state index is -0.117. The molecule has 0 aromatic rings. The van der Waals surface area contributed by atoms with Crippen LogP contribution in [0.3, 0.4) is 0 Å². The number of ether oxygens (including phenoxy) is 3. The van der Waals surface area contributed by atoms with Crippen LogP contribution in [0.1, 0.15) is 33.1 Å². The van der Waals surface area contributed by atoms with Crippen LogP contribution in [-0.4, -0.2) is 49.8 Å². The summed E-state index contributed by atoms with van der Waals surface area (Å²) in [6, 6.07) is 0. The van der Waals surface area contributed by atoms with Crippen molar-refractivity contribution in [2.75, 3.05) is 33.0 Å². The standard InChI is InChI=1S/C11H26O4Si/c1-3-12-10-7-11(13-4-2)14-8-5-6-9-15-16/h11H,3-10H2,1-2,16H3. The Morgan fingerprint density at radius 1 is 0.938 bits per heavy atom. The molecule has 1 unspecified atom stereocenters. The molecule has 4 nitrogen and oxygen atoms in total. The van der Waals surface area contributed by atoms with Crippen molar-refractivity contribution >= 4 is 10.5 Å². The second kappa shape index (κ2) is 13.1. The minimum absolute atomic E-state index is 0.117. The third kappa shape index (κ3) is 10.6. The van der Waals surface area contributed by atoms with E-state index in [0.29, 0.717) is 13.2 Å². The summed E-state index contributed by atoms with van der Waals surface area (Å²) in [4.78, 5) is 0. The molecule has 0 heterocycles. The Morgan fingerprint density at radius 3 is 2.31 bits per heavy atom. The topological polar surface area (TPSA) is 36.9 Å². The number of unbranched alkanes of at least 4 members (excludes halogenated alkanes) is 1. The van der Waals surface area contributed by atoms with Crippen LogP contribution >= 0.6 is 0 Å². The van der Waals surface area contributed by atoms with Crippen LogP contribution in [0, 0.1) is 0 Å². The molecule has 0 aromatic carbocycles. The zero-order valence-electron chi connectivity index (χ0n) is 10.9. The van der Waals surface area contributed by atoms with Crippen molar-refractivity contribution in [3.8, 4) is 0 Å². The summed E-state index contributed by atoms with van der Waals surface area (Å²) in [7, 11) is 0.825. The zero-order chi connectivity index (χ0) is 12.1. The Labute approximate surface area is 102 Å². The fourth-order valence-electron chi connectivity index (χ4n) is 1.29. The SMILES string of the molecule is CCOCCC(OCC)OCCCCO[SiH3]. The average molecular weight is 250 g/mol. The van der Waals surface area contributed by atoms with Crippen molar-refractivity contribution in [1.82, 2.24) is 0 Å². The summed E-state index contributed by atoms with van der Waals surface area (Å²) in [6.45, 7) is 7.69. The molecule has 0 radical (unpaired) electrons. The van der Waals surface area contributed by atoms with E-state index in [0.717, 1.165) is 49.6 Å². The Kier molecular flexibility index (Phi) is 13.2. The molecule has 0 N–H and O–H groups in total. The molecule has 0 bridgehead atoms. The van der Waals surface area contributed by atoms with E-state index < -0.39 is 0 Å². The lowest BCUT2D eigenvalue weighted by Gasteiger charge is -2.17. The molecular formula is C11H26O4Si. The molecule has 16 heavy (non-hydrogen) atoms. The second-order valence-corrected chi connectivity index (χ2v) is 4.02. The van der Waals surface area contributed by atoms with Crippen molar-refractivity contribution in [3.63, 3.8) is 0 Å². The molecular weight excluding hydrogens is 224 g/mol. The molecule has 0 aliphatic rings. The van der Waals surface area contributed by atoms with E-state index in [1.807, 2.05) is 13.8 Å². The van der Waals surface area contributed by atoms with Crippen molar-refractivity contribution in [2.24, 2.45) is 0 Å². The lowest BCUT2D eigenvalue weighted by atomic mass is 10.3. The van der Waals surface area contributed by atoms with Gasteiger partial charge < -0.3 is 18.6 Å². The van der Waals surface area contributed by atoms with Crippen LogP contribution in [0.5, 0.6) is 0 Å². The zero-order valence-corrected chi connectivity index (χ0v) is 12.9. The van der Waals surface area contributed by atoms with Gasteiger partial charge >= 0.3 is 0 Å². The van der Waals surface area contributed by atoms with Crippen molar-refractivity contribution in [3.05, 3.63) is 0 Å². The smallest absolute Gasteiger partial charge is 0.159 e. The highest BCUT2D eigenvalue weighted by molar-refractivity contribution is 5.97. The number of hydrogen-bond donors (Lipinski definition) is 0. The van der Waals surface area contributed by atoms with Crippen LogP contribution in [-0.2, 0) is 18.6 Å². The molecule has 0 fully saturated rings. The maximum atomic E-state index is 5.63. The molecule has 0 saturated carbocycles. The quantitative estimate of drug-likeness (QED) is 0.293. The normalized spacial score (nSPS) is 13.1. The first-order valence-corrected chi connectivity index (χ1v) is 6.96. The number of hydrogen-bond acceptors (Lipinski definition) is 4. The highest BCUT2D eigenvalue weighted by Gasteiger charge is 2.07. The fourth-order valence-corrected chi connectivity index (χ4v) is 1.58. The lowest BCUT2D eigenvalue weighted by Crippen LogP contribution is -2.20. The largest absolute Gasteiger partial charge is 0.428 e. The van der Waals surface area contributed by atoms with Crippen LogP contribution in [0.2, 0.25) is 0 Å². The van der Waals surface area contributed by atoms with Gasteiger partial charge in [0.1, 0.15) is 10.5 Å². The van der Waals surface area contributed by atoms with E-state index >= 15 is 0 Å². The average Bonchev–Trinajstić information content (AvgIpc) is 2.29. The molecule has 0 aromatic heterocycles. The lowest BCUT2D eigenvalue weighted by molar-refractivity contribution is -0.150. The summed E-state index contributed by atoms with van der Waals surface area (Å²) < 4.78 is 21.5. The molecule has 0 saturated heterocycles. The first kappa shape index (κ1) is 16.1. The second-order valence-electron chi connectivity index (χ2n) is 3.44. The Balaban J connectivity index is 3.43. The minimum Gasteiger partial charge on any atom is -0.428 e. The molecule has 1 atom stereocenters. The van der Waals surface area contributed by atoms with Gasteiger partial charge in [-0.2, -0.15) is 0 Å². The van der Waals surface area contributed by atoms with Crippen LogP contribution in [0.4, 0.5) is 0 Å². The van der Waals surface area contributed by atoms with Crippen molar-refractivity contribution < 1.29 is 18.6 Å². The molecule has 0 amide bonds. The van der Waals surface area contributed by atoms with Crippen LogP contribution < -0.4 is 0 Å². The molecule has 98 valence electrons. The van der Waals surface area contributed by atoms with Gasteiger partial charge in [0.15, 0.2) is 6.29 Å². The first-order chi connectivity index (χ1) is 7.85. The van der Waals surface area contributed by atoms with E-state index in [1.165, 1.54) is 0 Å². The van der Waals surface area contributed by atoms with Gasteiger partial charge in [0, 0.05) is 32.8 Å². The van der Waals surface area contributed by atoms with E-state index in [4.69, 9.17) is 18.6 Å². The van der Waals surface area contributed by atoms with Gasteiger partial charge in [-0.3, -0.25) is 0 Å². The van der Waals surface area contributed by atoms with E-state index in [-0.39, 0.29) is 6.29 Å². The van der Waals surface area contributed by atoms with Crippen LogP contribution in [0.15, 0.2) is 0 Å². The Hall–Kier alpha value is 0.0569. The molecule has 0 aliphatic carbocycles. The van der Waals surface area contributed by atoms with Gasteiger partial charge in [0.05, 0.1) is 6.61 Å². The van der Waals surface area contributed by atoms with Gasteiger partial charge in [-0.05, 0) is 26.7 Å². The van der Waals surface area contributed by atoms with Gasteiger partial charge in [-0.1, -0.05) is 0 Å². The van der Waals surface area contributed by atoms with Gasteiger partial charge in [-0.15, -0.1) is 0 Å². The predicted octanol–water partition coefficient (Wildman–Crippen LogP) is 0.869. The van der Waals surface area contributed by atoms with Gasteiger partial charge in [0.2, 0.25) is 0 Å². The fraction of sp³-hybridized carbons (Fsp3) is 1.00. The van der Waals surface area contributed by atoms with Gasteiger partial charge in [-0.25, -0.2) is 0 Å². The maximum Gasteiger partial charge on any atom is 0.159 e. The third-order valence-corrected chi connectivity index (χ3v) is 2.51.